The van der Waals surface area contributed by atoms with Crippen LogP contribution in [0.2, 0.25) is 0 Å². The van der Waals surface area contributed by atoms with E-state index in [9.17, 15) is 14.4 Å². The van der Waals surface area contributed by atoms with E-state index in [0.717, 1.165) is 0 Å². The number of nitrogens with one attached hydrogen (secondary N) is 1. The van der Waals surface area contributed by atoms with Gasteiger partial charge in [-0.2, -0.15) is 0 Å². The summed E-state index contributed by atoms with van der Waals surface area (Å²) < 4.78 is 0. The summed E-state index contributed by atoms with van der Waals surface area (Å²) in [7, 11) is 0. The standard InChI is InChI=1S/C8H12N2O3.2C2H6.CH3.Y/c1-2-6(11)9-5-3-4-7(12)10-8(5)13;2*1-2;;/h5H,2-4H2,1H3,(H2,9,10,11,12,13);2*1-2H3;1H3;/q;;;-1;/p-1. The molecule has 0 spiro atoms. The molecular weight excluding hydrogens is 321 g/mol. The Morgan fingerprint density at radius 1 is 1.26 bits per heavy atom. The first-order valence-electron chi connectivity index (χ1n) is 6.21. The van der Waals surface area contributed by atoms with Crippen molar-refractivity contribution in [2.45, 2.75) is 59.9 Å². The van der Waals surface area contributed by atoms with Crippen LogP contribution in [-0.2, 0) is 47.1 Å². The van der Waals surface area contributed by atoms with Crippen molar-refractivity contribution in [3.63, 3.8) is 0 Å². The van der Waals surface area contributed by atoms with Crippen LogP contribution in [0.1, 0.15) is 53.9 Å². The van der Waals surface area contributed by atoms with Crippen LogP contribution in [0.15, 0.2) is 0 Å². The number of imide groups is 1. The second kappa shape index (κ2) is 17.7. The molecule has 1 rings (SSSR count). The first kappa shape index (κ1) is 27.1. The van der Waals surface area contributed by atoms with Gasteiger partial charge in [-0.1, -0.05) is 34.6 Å². The number of carbonyl (C=O) groups is 3. The summed E-state index contributed by atoms with van der Waals surface area (Å²) in [6, 6.07) is -0.662. The van der Waals surface area contributed by atoms with Gasteiger partial charge in [0, 0.05) is 39.1 Å². The molecule has 1 unspecified atom stereocenters. The molecule has 1 radical (unpaired) electrons. The van der Waals surface area contributed by atoms with Crippen molar-refractivity contribution in [3.05, 3.63) is 12.7 Å². The van der Waals surface area contributed by atoms with Gasteiger partial charge >= 0.3 is 0 Å². The molecule has 6 heteroatoms. The average molecular weight is 347 g/mol. The number of hydrogen-bond acceptors (Lipinski definition) is 3. The molecule has 3 amide bonds. The molecule has 0 aromatic carbocycles. The van der Waals surface area contributed by atoms with Gasteiger partial charge in [0.05, 0.1) is 5.91 Å². The van der Waals surface area contributed by atoms with Crippen molar-refractivity contribution < 1.29 is 47.1 Å². The summed E-state index contributed by atoms with van der Waals surface area (Å²) in [4.78, 5) is 32.7. The molecule has 0 aromatic heterocycles. The third-order valence-electron chi connectivity index (χ3n) is 1.81. The maximum absolute atomic E-state index is 11.1. The van der Waals surface area contributed by atoms with Gasteiger partial charge in [0.15, 0.2) is 0 Å². The third kappa shape index (κ3) is 12.5. The summed E-state index contributed by atoms with van der Waals surface area (Å²) in [6.45, 7) is 9.68. The first-order valence-corrected chi connectivity index (χ1v) is 6.21. The Hall–Kier alpha value is -0.286. The Balaban J connectivity index is -0.000000171. The van der Waals surface area contributed by atoms with Crippen LogP contribution in [0.3, 0.4) is 0 Å². The molecule has 1 saturated heterocycles. The van der Waals surface area contributed by atoms with Gasteiger partial charge in [-0.15, -0.1) is 0 Å². The van der Waals surface area contributed by atoms with Gasteiger partial charge in [-0.05, 0) is 18.9 Å². The summed E-state index contributed by atoms with van der Waals surface area (Å²) in [5.74, 6) is -1.05. The average Bonchev–Trinajstić information content (AvgIpc) is 2.37. The topological polar surface area (TPSA) is 77.3 Å². The maximum Gasteiger partial charge on any atom is 0.226 e. The minimum Gasteiger partial charge on any atom is -0.643 e. The largest absolute Gasteiger partial charge is 0.643 e. The van der Waals surface area contributed by atoms with Gasteiger partial charge in [0.1, 0.15) is 0 Å². The maximum atomic E-state index is 11.1. The van der Waals surface area contributed by atoms with E-state index < -0.39 is 11.9 Å². The molecule has 0 aliphatic carbocycles. The Kier molecular flexibility index (Phi) is 25.3. The van der Waals surface area contributed by atoms with Gasteiger partial charge < -0.3 is 17.5 Å². The smallest absolute Gasteiger partial charge is 0.226 e. The molecule has 1 aliphatic rings. The Morgan fingerprint density at radius 3 is 2.11 bits per heavy atom. The van der Waals surface area contributed by atoms with Gasteiger partial charge in [-0.25, -0.2) is 0 Å². The number of hydrogen-bond donors (Lipinski definition) is 1. The second-order valence-electron chi connectivity index (χ2n) is 2.84. The van der Waals surface area contributed by atoms with Gasteiger partial charge in [0.25, 0.3) is 0 Å². The summed E-state index contributed by atoms with van der Waals surface area (Å²) in [5.41, 5.74) is 0. The normalized spacial score (nSPS) is 15.9. The molecule has 1 fully saturated rings. The molecule has 5 nitrogen and oxygen atoms in total. The molecule has 19 heavy (non-hydrogen) atoms. The van der Waals surface area contributed by atoms with E-state index in [0.29, 0.717) is 6.42 Å². The third-order valence-corrected chi connectivity index (χ3v) is 1.81. The number of piperidine rings is 1. The van der Waals surface area contributed by atoms with E-state index in [1.165, 1.54) is 0 Å². The Bertz CT molecular complexity index is 258. The SMILES string of the molecule is CC.CC.CCC(=O)[N-]C1CCC(=O)NC1=O.[CH3-].[Y]. The summed E-state index contributed by atoms with van der Waals surface area (Å²) in [6.07, 6.45) is 0.894. The number of carbonyl (C=O) groups excluding carboxylic acids is 3. The van der Waals surface area contributed by atoms with Crippen molar-refractivity contribution in [1.29, 1.82) is 0 Å². The number of rotatable bonds is 2. The van der Waals surface area contributed by atoms with Crippen LogP contribution in [0.25, 0.3) is 5.32 Å². The van der Waals surface area contributed by atoms with E-state index in [-0.39, 0.29) is 64.8 Å². The van der Waals surface area contributed by atoms with Crippen LogP contribution >= 0.6 is 0 Å². The van der Waals surface area contributed by atoms with Crippen LogP contribution in [0.4, 0.5) is 0 Å². The molecule has 1 aliphatic heterocycles. The van der Waals surface area contributed by atoms with Crippen molar-refractivity contribution in [1.82, 2.24) is 5.32 Å². The second-order valence-corrected chi connectivity index (χ2v) is 2.84. The van der Waals surface area contributed by atoms with E-state index in [2.05, 4.69) is 10.6 Å². The molecular formula is C13H26N2O3Y-2. The predicted molar refractivity (Wildman–Crippen MR) is 73.9 cm³/mol. The Morgan fingerprint density at radius 2 is 1.74 bits per heavy atom. The van der Waals surface area contributed by atoms with E-state index in [1.54, 1.807) is 6.92 Å². The van der Waals surface area contributed by atoms with Crippen molar-refractivity contribution in [3.8, 4) is 0 Å². The first-order chi connectivity index (χ1) is 8.13. The summed E-state index contributed by atoms with van der Waals surface area (Å²) in [5, 5.41) is 5.80. The van der Waals surface area contributed by atoms with Crippen LogP contribution in [0, 0.1) is 7.43 Å². The van der Waals surface area contributed by atoms with Crippen molar-refractivity contribution in [2.24, 2.45) is 0 Å². The molecule has 1 heterocycles. The van der Waals surface area contributed by atoms with E-state index in [4.69, 9.17) is 0 Å². The van der Waals surface area contributed by atoms with Crippen LogP contribution in [0.5, 0.6) is 0 Å². The van der Waals surface area contributed by atoms with E-state index >= 15 is 0 Å². The molecule has 111 valence electrons. The molecule has 0 aromatic rings. The van der Waals surface area contributed by atoms with Crippen LogP contribution in [-0.4, -0.2) is 23.8 Å². The molecule has 0 bridgehead atoms. The summed E-state index contributed by atoms with van der Waals surface area (Å²) >= 11 is 0. The van der Waals surface area contributed by atoms with Crippen molar-refractivity contribution >= 4 is 17.7 Å². The fourth-order valence-electron chi connectivity index (χ4n) is 1.07. The number of amides is 3. The van der Waals surface area contributed by atoms with E-state index in [1.807, 2.05) is 27.7 Å². The Labute approximate surface area is 142 Å². The van der Waals surface area contributed by atoms with Crippen molar-refractivity contribution in [2.75, 3.05) is 0 Å². The number of nitrogens with zero attached hydrogens (tertiary/aromatic N) is 1. The zero-order valence-corrected chi connectivity index (χ0v) is 15.8. The van der Waals surface area contributed by atoms with Gasteiger partial charge in [0.2, 0.25) is 11.8 Å². The predicted octanol–water partition coefficient (Wildman–Crippen LogP) is 2.60. The molecule has 1 N–H and O–H groups in total. The zero-order chi connectivity index (χ0) is 13.8. The fourth-order valence-corrected chi connectivity index (χ4v) is 1.07. The quantitative estimate of drug-likeness (QED) is 0.616. The molecule has 1 atom stereocenters. The monoisotopic (exact) mass is 347 g/mol. The minimum atomic E-state index is -0.662. The minimum absolute atomic E-state index is 0. The molecule has 0 saturated carbocycles. The van der Waals surface area contributed by atoms with Gasteiger partial charge in [-0.3, -0.25) is 14.9 Å². The van der Waals surface area contributed by atoms with Crippen LogP contribution < -0.4 is 5.32 Å². The fraction of sp³-hybridized carbons (Fsp3) is 0.692. The zero-order valence-electron chi connectivity index (χ0n) is 12.9.